The van der Waals surface area contributed by atoms with E-state index in [2.05, 4.69) is 10.1 Å². The number of halogens is 2. The molecule has 1 atom stereocenters. The van der Waals surface area contributed by atoms with Crippen molar-refractivity contribution in [3.05, 3.63) is 72.2 Å². The van der Waals surface area contributed by atoms with Crippen LogP contribution in [0, 0.1) is 5.92 Å². The van der Waals surface area contributed by atoms with E-state index >= 15 is 0 Å². The van der Waals surface area contributed by atoms with E-state index in [9.17, 15) is 13.9 Å². The fourth-order valence-corrected chi connectivity index (χ4v) is 4.40. The molecule has 0 amide bonds. The van der Waals surface area contributed by atoms with Crippen molar-refractivity contribution in [2.24, 2.45) is 11.7 Å². The summed E-state index contributed by atoms with van der Waals surface area (Å²) < 4.78 is 27.7. The molecule has 3 aromatic heterocycles. The first kappa shape index (κ1) is 20.7. The quantitative estimate of drug-likeness (QED) is 0.479. The standard InChI is InChI=1S/C24H23F2N5O/c1-24(32)11-16(12-24)22(27)18-5-2-4-17(29-18)14-8-9-15-13-28-31(20(15)10-14)21-7-3-6-19(30-21)23(25)26/h2-10,13,16,22-23,32H,11-12,27H2,1H3/t16?,22-,24?/m0/s1. The van der Waals surface area contributed by atoms with Crippen LogP contribution in [0.1, 0.15) is 43.6 Å². The number of hydrogen-bond donors (Lipinski definition) is 2. The van der Waals surface area contributed by atoms with E-state index in [0.717, 1.165) is 27.9 Å². The largest absolute Gasteiger partial charge is 0.390 e. The number of aromatic nitrogens is 4. The number of nitrogens with zero attached hydrogens (tertiary/aromatic N) is 4. The number of pyridine rings is 2. The van der Waals surface area contributed by atoms with Crippen LogP contribution in [-0.4, -0.2) is 30.5 Å². The van der Waals surface area contributed by atoms with Crippen LogP contribution in [0.25, 0.3) is 28.0 Å². The van der Waals surface area contributed by atoms with Crippen molar-refractivity contribution in [1.82, 2.24) is 19.7 Å². The molecule has 3 heterocycles. The maximum absolute atomic E-state index is 13.1. The van der Waals surface area contributed by atoms with Gasteiger partial charge in [0, 0.05) is 10.9 Å². The summed E-state index contributed by atoms with van der Waals surface area (Å²) in [5.41, 5.74) is 8.63. The second-order valence-corrected chi connectivity index (χ2v) is 8.69. The predicted molar refractivity (Wildman–Crippen MR) is 117 cm³/mol. The number of alkyl halides is 2. The van der Waals surface area contributed by atoms with E-state index in [1.54, 1.807) is 23.0 Å². The molecule has 3 N–H and O–H groups in total. The van der Waals surface area contributed by atoms with Gasteiger partial charge in [0.2, 0.25) is 0 Å². The zero-order valence-corrected chi connectivity index (χ0v) is 17.5. The van der Waals surface area contributed by atoms with Crippen molar-refractivity contribution >= 4 is 10.9 Å². The summed E-state index contributed by atoms with van der Waals surface area (Å²) in [7, 11) is 0. The molecule has 0 spiro atoms. The lowest BCUT2D eigenvalue weighted by Crippen LogP contribution is -2.45. The van der Waals surface area contributed by atoms with Crippen molar-refractivity contribution in [2.75, 3.05) is 0 Å². The van der Waals surface area contributed by atoms with E-state index in [-0.39, 0.29) is 17.7 Å². The van der Waals surface area contributed by atoms with E-state index in [1.165, 1.54) is 6.07 Å². The van der Waals surface area contributed by atoms with Gasteiger partial charge >= 0.3 is 0 Å². The van der Waals surface area contributed by atoms with Crippen molar-refractivity contribution < 1.29 is 13.9 Å². The Morgan fingerprint density at radius 2 is 1.81 bits per heavy atom. The molecule has 1 aliphatic rings. The van der Waals surface area contributed by atoms with Crippen molar-refractivity contribution in [2.45, 2.75) is 37.8 Å². The molecule has 1 fully saturated rings. The lowest BCUT2D eigenvalue weighted by atomic mass is 9.68. The normalized spacial score (nSPS) is 21.6. The highest BCUT2D eigenvalue weighted by atomic mass is 19.3. The van der Waals surface area contributed by atoms with Gasteiger partial charge in [0.05, 0.1) is 34.7 Å². The summed E-state index contributed by atoms with van der Waals surface area (Å²) in [4.78, 5) is 8.82. The van der Waals surface area contributed by atoms with Crippen LogP contribution in [-0.2, 0) is 0 Å². The Kier molecular flexibility index (Phi) is 4.98. The smallest absolute Gasteiger partial charge is 0.280 e. The number of nitrogens with two attached hydrogens (primary N) is 1. The monoisotopic (exact) mass is 435 g/mol. The topological polar surface area (TPSA) is 89.8 Å². The van der Waals surface area contributed by atoms with E-state index < -0.39 is 12.0 Å². The summed E-state index contributed by atoms with van der Waals surface area (Å²) >= 11 is 0. The van der Waals surface area contributed by atoms with Gasteiger partial charge < -0.3 is 10.8 Å². The lowest BCUT2D eigenvalue weighted by Gasteiger charge is -2.43. The molecule has 164 valence electrons. The fourth-order valence-electron chi connectivity index (χ4n) is 4.40. The molecular weight excluding hydrogens is 412 g/mol. The Labute approximate surface area is 183 Å². The van der Waals surface area contributed by atoms with Crippen LogP contribution < -0.4 is 5.73 Å². The van der Waals surface area contributed by atoms with Crippen LogP contribution in [0.5, 0.6) is 0 Å². The Bertz CT molecular complexity index is 1280. The van der Waals surface area contributed by atoms with Gasteiger partial charge in [-0.05, 0) is 56.0 Å². The minimum atomic E-state index is -2.65. The average molecular weight is 435 g/mol. The summed E-state index contributed by atoms with van der Waals surface area (Å²) in [5.74, 6) is 0.528. The maximum Gasteiger partial charge on any atom is 0.280 e. The van der Waals surface area contributed by atoms with Gasteiger partial charge in [-0.1, -0.05) is 24.3 Å². The van der Waals surface area contributed by atoms with Crippen molar-refractivity contribution in [1.29, 1.82) is 0 Å². The van der Waals surface area contributed by atoms with Gasteiger partial charge in [0.15, 0.2) is 5.82 Å². The third-order valence-electron chi connectivity index (χ3n) is 6.09. The second kappa shape index (κ2) is 7.72. The van der Waals surface area contributed by atoms with Crippen LogP contribution in [0.2, 0.25) is 0 Å². The average Bonchev–Trinajstić information content (AvgIpc) is 3.20. The molecule has 0 radical (unpaired) electrons. The molecule has 0 saturated heterocycles. The summed E-state index contributed by atoms with van der Waals surface area (Å²) in [6.45, 7) is 1.82. The molecule has 0 aliphatic heterocycles. The third kappa shape index (κ3) is 3.76. The third-order valence-corrected chi connectivity index (χ3v) is 6.09. The van der Waals surface area contributed by atoms with Crippen LogP contribution in [0.15, 0.2) is 60.8 Å². The summed E-state index contributed by atoms with van der Waals surface area (Å²) in [6.07, 6.45) is 0.354. The number of hydrogen-bond acceptors (Lipinski definition) is 5. The minimum Gasteiger partial charge on any atom is -0.390 e. The second-order valence-electron chi connectivity index (χ2n) is 8.69. The number of fused-ring (bicyclic) bond motifs is 1. The van der Waals surface area contributed by atoms with Gasteiger partial charge in [-0.3, -0.25) is 4.98 Å². The highest BCUT2D eigenvalue weighted by Crippen LogP contribution is 2.43. The summed E-state index contributed by atoms with van der Waals surface area (Å²) in [5, 5.41) is 15.2. The van der Waals surface area contributed by atoms with E-state index in [1.807, 2.05) is 43.3 Å². The molecule has 1 aliphatic carbocycles. The molecule has 1 saturated carbocycles. The van der Waals surface area contributed by atoms with Gasteiger partial charge in [-0.15, -0.1) is 0 Å². The molecule has 32 heavy (non-hydrogen) atoms. The van der Waals surface area contributed by atoms with Gasteiger partial charge in [0.1, 0.15) is 5.69 Å². The molecule has 4 aromatic rings. The predicted octanol–water partition coefficient (Wildman–Crippen LogP) is 4.58. The molecule has 1 aromatic carbocycles. The number of benzene rings is 1. The Hall–Kier alpha value is -3.23. The minimum absolute atomic E-state index is 0.199. The Balaban J connectivity index is 1.49. The first-order valence-electron chi connectivity index (χ1n) is 10.5. The summed E-state index contributed by atoms with van der Waals surface area (Å²) in [6, 6.07) is 15.8. The van der Waals surface area contributed by atoms with Crippen LogP contribution in [0.3, 0.4) is 0 Å². The van der Waals surface area contributed by atoms with Crippen molar-refractivity contribution in [3.63, 3.8) is 0 Å². The Morgan fingerprint density at radius 1 is 1.06 bits per heavy atom. The van der Waals surface area contributed by atoms with Gasteiger partial charge in [-0.2, -0.15) is 5.10 Å². The first-order valence-corrected chi connectivity index (χ1v) is 10.5. The molecule has 6 nitrogen and oxygen atoms in total. The molecule has 0 unspecified atom stereocenters. The zero-order chi connectivity index (χ0) is 22.5. The van der Waals surface area contributed by atoms with Crippen LogP contribution in [0.4, 0.5) is 8.78 Å². The Morgan fingerprint density at radius 3 is 2.56 bits per heavy atom. The van der Waals surface area contributed by atoms with Gasteiger partial charge in [-0.25, -0.2) is 18.4 Å². The molecular formula is C24H23F2N5O. The zero-order valence-electron chi connectivity index (χ0n) is 17.5. The SMILES string of the molecule is CC1(O)CC([C@H](N)c2cccc(-c3ccc4cnn(-c5cccc(C(F)F)n5)c4c3)n2)C1. The van der Waals surface area contributed by atoms with Crippen LogP contribution >= 0.6 is 0 Å². The van der Waals surface area contributed by atoms with Gasteiger partial charge in [0.25, 0.3) is 6.43 Å². The highest BCUT2D eigenvalue weighted by molar-refractivity contribution is 5.84. The number of rotatable bonds is 5. The first-order chi connectivity index (χ1) is 15.3. The molecule has 5 rings (SSSR count). The molecule has 0 bridgehead atoms. The van der Waals surface area contributed by atoms with E-state index in [0.29, 0.717) is 18.7 Å². The lowest BCUT2D eigenvalue weighted by molar-refractivity contribution is -0.0654. The number of aliphatic hydroxyl groups is 1. The van der Waals surface area contributed by atoms with Crippen molar-refractivity contribution in [3.8, 4) is 17.1 Å². The molecule has 8 heteroatoms. The highest BCUT2D eigenvalue weighted by Gasteiger charge is 2.42. The fraction of sp³-hybridized carbons (Fsp3) is 0.292. The van der Waals surface area contributed by atoms with E-state index in [4.69, 9.17) is 10.7 Å². The maximum atomic E-state index is 13.1.